The minimum Gasteiger partial charge on any atom is -0.481 e. The molecule has 1 aliphatic heterocycles. The largest absolute Gasteiger partial charge is 0.481 e. The Morgan fingerprint density at radius 2 is 2.20 bits per heavy atom. The number of aliphatic carboxylic acids is 1. The predicted molar refractivity (Wildman–Crippen MR) is 74.7 cm³/mol. The molecule has 1 atom stereocenters. The normalized spacial score (nSPS) is 22.3. The smallest absolute Gasteiger partial charge is 0.311 e. The van der Waals surface area contributed by atoms with Crippen LogP contribution in [0.2, 0.25) is 5.02 Å². The van der Waals surface area contributed by atoms with Crippen molar-refractivity contribution in [3.63, 3.8) is 0 Å². The van der Waals surface area contributed by atoms with Crippen molar-refractivity contribution in [2.24, 2.45) is 11.3 Å². The number of carbonyl (C=O) groups is 2. The van der Waals surface area contributed by atoms with Crippen molar-refractivity contribution in [2.75, 3.05) is 13.1 Å². The number of hydrogen-bond acceptors (Lipinski definition) is 3. The van der Waals surface area contributed by atoms with Gasteiger partial charge in [0.1, 0.15) is 5.69 Å². The molecule has 20 heavy (non-hydrogen) atoms. The SMILES string of the molecule is CC(C)C1(C(=O)O)CCN(C(=O)c2cc(Cl)ccn2)C1. The van der Waals surface area contributed by atoms with Gasteiger partial charge in [0, 0.05) is 24.3 Å². The zero-order valence-electron chi connectivity index (χ0n) is 11.5. The molecule has 0 aliphatic carbocycles. The highest BCUT2D eigenvalue weighted by atomic mass is 35.5. The Kier molecular flexibility index (Phi) is 3.99. The van der Waals surface area contributed by atoms with Gasteiger partial charge in [0.2, 0.25) is 0 Å². The van der Waals surface area contributed by atoms with Crippen molar-refractivity contribution in [1.82, 2.24) is 9.88 Å². The number of likely N-dealkylation sites (tertiary alicyclic amines) is 1. The quantitative estimate of drug-likeness (QED) is 0.929. The number of halogens is 1. The van der Waals surface area contributed by atoms with E-state index in [1.807, 2.05) is 13.8 Å². The van der Waals surface area contributed by atoms with Crippen LogP contribution in [0.25, 0.3) is 0 Å². The molecule has 1 aromatic heterocycles. The molecule has 108 valence electrons. The van der Waals surface area contributed by atoms with Crippen LogP contribution in [-0.2, 0) is 4.79 Å². The van der Waals surface area contributed by atoms with Crippen molar-refractivity contribution in [2.45, 2.75) is 20.3 Å². The van der Waals surface area contributed by atoms with E-state index in [0.29, 0.717) is 18.0 Å². The van der Waals surface area contributed by atoms with E-state index in [1.54, 1.807) is 11.0 Å². The van der Waals surface area contributed by atoms with Crippen molar-refractivity contribution < 1.29 is 14.7 Å². The maximum atomic E-state index is 12.3. The molecule has 5 nitrogen and oxygen atoms in total. The van der Waals surface area contributed by atoms with Gasteiger partial charge in [-0.3, -0.25) is 14.6 Å². The molecule has 0 radical (unpaired) electrons. The molecule has 1 saturated heterocycles. The fourth-order valence-electron chi connectivity index (χ4n) is 2.58. The number of nitrogens with zero attached hydrogens (tertiary/aromatic N) is 2. The van der Waals surface area contributed by atoms with Crippen LogP contribution in [0.1, 0.15) is 30.8 Å². The maximum Gasteiger partial charge on any atom is 0.311 e. The first-order valence-electron chi connectivity index (χ1n) is 6.51. The third kappa shape index (κ3) is 2.50. The van der Waals surface area contributed by atoms with Crippen LogP contribution in [0.5, 0.6) is 0 Å². The number of carboxylic acid groups (broad SMARTS) is 1. The molecule has 0 aromatic carbocycles. The summed E-state index contributed by atoms with van der Waals surface area (Å²) < 4.78 is 0. The second-order valence-corrected chi connectivity index (χ2v) is 5.89. The first-order chi connectivity index (χ1) is 9.36. The molecule has 0 saturated carbocycles. The van der Waals surface area contributed by atoms with Crippen molar-refractivity contribution >= 4 is 23.5 Å². The van der Waals surface area contributed by atoms with Crippen LogP contribution in [0.15, 0.2) is 18.3 Å². The number of rotatable bonds is 3. The van der Waals surface area contributed by atoms with Crippen LogP contribution in [0.3, 0.4) is 0 Å². The summed E-state index contributed by atoms with van der Waals surface area (Å²) >= 11 is 5.85. The molecule has 0 spiro atoms. The number of carboxylic acids is 1. The van der Waals surface area contributed by atoms with Crippen molar-refractivity contribution in [3.8, 4) is 0 Å². The first kappa shape index (κ1) is 14.8. The molecule has 6 heteroatoms. The lowest BCUT2D eigenvalue weighted by Gasteiger charge is -2.28. The van der Waals surface area contributed by atoms with Crippen LogP contribution in [0.4, 0.5) is 0 Å². The van der Waals surface area contributed by atoms with Crippen LogP contribution >= 0.6 is 11.6 Å². The lowest BCUT2D eigenvalue weighted by atomic mass is 9.76. The van der Waals surface area contributed by atoms with Gasteiger partial charge < -0.3 is 10.0 Å². The summed E-state index contributed by atoms with van der Waals surface area (Å²) in [7, 11) is 0. The Balaban J connectivity index is 2.21. The van der Waals surface area contributed by atoms with Crippen LogP contribution < -0.4 is 0 Å². The zero-order chi connectivity index (χ0) is 14.9. The Hall–Kier alpha value is -1.62. The molecule has 1 unspecified atom stereocenters. The Labute approximate surface area is 122 Å². The average Bonchev–Trinajstić information content (AvgIpc) is 2.84. The van der Waals surface area contributed by atoms with E-state index in [-0.39, 0.29) is 24.1 Å². The minimum atomic E-state index is -0.867. The lowest BCUT2D eigenvalue weighted by molar-refractivity contribution is -0.150. The van der Waals surface area contributed by atoms with Gasteiger partial charge in [-0.05, 0) is 24.5 Å². The number of aromatic nitrogens is 1. The Morgan fingerprint density at radius 1 is 1.50 bits per heavy atom. The summed E-state index contributed by atoms with van der Waals surface area (Å²) in [4.78, 5) is 29.4. The number of pyridine rings is 1. The summed E-state index contributed by atoms with van der Waals surface area (Å²) in [6, 6.07) is 3.10. The van der Waals surface area contributed by atoms with Gasteiger partial charge in [-0.25, -0.2) is 0 Å². The molecular formula is C14H17ClN2O3. The zero-order valence-corrected chi connectivity index (χ0v) is 12.2. The first-order valence-corrected chi connectivity index (χ1v) is 6.89. The van der Waals surface area contributed by atoms with E-state index in [4.69, 9.17) is 11.6 Å². The molecule has 1 aromatic rings. The second-order valence-electron chi connectivity index (χ2n) is 5.45. The molecule has 1 amide bonds. The van der Waals surface area contributed by atoms with Gasteiger partial charge in [0.25, 0.3) is 5.91 Å². The van der Waals surface area contributed by atoms with Gasteiger partial charge >= 0.3 is 5.97 Å². The number of carbonyl (C=O) groups excluding carboxylic acids is 1. The van der Waals surface area contributed by atoms with Crippen LogP contribution in [0, 0.1) is 11.3 Å². The maximum absolute atomic E-state index is 12.3. The summed E-state index contributed by atoms with van der Waals surface area (Å²) in [5, 5.41) is 9.91. The summed E-state index contributed by atoms with van der Waals surface area (Å²) in [5.74, 6) is -1.15. The summed E-state index contributed by atoms with van der Waals surface area (Å²) in [5.41, 5.74) is -0.615. The number of hydrogen-bond donors (Lipinski definition) is 1. The third-order valence-corrected chi connectivity index (χ3v) is 4.30. The van der Waals surface area contributed by atoms with Gasteiger partial charge in [0.15, 0.2) is 0 Å². The molecule has 2 rings (SSSR count). The highest BCUT2D eigenvalue weighted by Crippen LogP contribution is 2.38. The summed E-state index contributed by atoms with van der Waals surface area (Å²) in [6.45, 7) is 4.39. The van der Waals surface area contributed by atoms with Gasteiger partial charge in [-0.2, -0.15) is 0 Å². The molecule has 1 fully saturated rings. The fraction of sp³-hybridized carbons (Fsp3) is 0.500. The van der Waals surface area contributed by atoms with E-state index in [0.717, 1.165) is 0 Å². The highest BCUT2D eigenvalue weighted by molar-refractivity contribution is 6.30. The Bertz CT molecular complexity index is 547. The van der Waals surface area contributed by atoms with E-state index >= 15 is 0 Å². The molecule has 1 aliphatic rings. The molecule has 0 bridgehead atoms. The predicted octanol–water partition coefficient (Wildman–Crippen LogP) is 2.31. The van der Waals surface area contributed by atoms with Crippen LogP contribution in [-0.4, -0.2) is 40.0 Å². The second kappa shape index (κ2) is 5.40. The third-order valence-electron chi connectivity index (χ3n) is 4.06. The minimum absolute atomic E-state index is 0.0369. The van der Waals surface area contributed by atoms with E-state index in [1.165, 1.54) is 12.3 Å². The monoisotopic (exact) mass is 296 g/mol. The standard InChI is InChI=1S/C14H17ClN2O3/c1-9(2)14(13(19)20)4-6-17(8-14)12(18)11-7-10(15)3-5-16-11/h3,5,7,9H,4,6,8H2,1-2H3,(H,19,20). The molecule has 1 N–H and O–H groups in total. The molecule has 2 heterocycles. The van der Waals surface area contributed by atoms with Crippen molar-refractivity contribution in [3.05, 3.63) is 29.0 Å². The lowest BCUT2D eigenvalue weighted by Crippen LogP contribution is -2.40. The highest BCUT2D eigenvalue weighted by Gasteiger charge is 2.48. The Morgan fingerprint density at radius 3 is 2.70 bits per heavy atom. The van der Waals surface area contributed by atoms with E-state index < -0.39 is 11.4 Å². The topological polar surface area (TPSA) is 70.5 Å². The fourth-order valence-corrected chi connectivity index (χ4v) is 2.74. The summed E-state index contributed by atoms with van der Waals surface area (Å²) in [6.07, 6.45) is 1.94. The van der Waals surface area contributed by atoms with Gasteiger partial charge in [-0.15, -0.1) is 0 Å². The average molecular weight is 297 g/mol. The van der Waals surface area contributed by atoms with Gasteiger partial charge in [0.05, 0.1) is 5.41 Å². The van der Waals surface area contributed by atoms with E-state index in [9.17, 15) is 14.7 Å². The van der Waals surface area contributed by atoms with E-state index in [2.05, 4.69) is 4.98 Å². The van der Waals surface area contributed by atoms with Crippen molar-refractivity contribution in [1.29, 1.82) is 0 Å². The molecular weight excluding hydrogens is 280 g/mol. The number of amides is 1. The van der Waals surface area contributed by atoms with Gasteiger partial charge in [-0.1, -0.05) is 25.4 Å².